The van der Waals surface area contributed by atoms with Crippen LogP contribution < -0.4 is 0 Å². The van der Waals surface area contributed by atoms with E-state index in [1.54, 1.807) is 0 Å². The highest BCUT2D eigenvalue weighted by Gasteiger charge is 2.32. The van der Waals surface area contributed by atoms with Gasteiger partial charge >= 0.3 is 0 Å². The number of hydrazone groups is 1. The lowest BCUT2D eigenvalue weighted by molar-refractivity contribution is 0.142. The summed E-state index contributed by atoms with van der Waals surface area (Å²) in [5, 5.41) is 6.41. The highest BCUT2D eigenvalue weighted by Crippen LogP contribution is 2.23. The summed E-state index contributed by atoms with van der Waals surface area (Å²) in [4.78, 5) is 2.38. The van der Waals surface area contributed by atoms with Crippen LogP contribution in [0.2, 0.25) is 0 Å². The fourth-order valence-electron chi connectivity index (χ4n) is 2.03. The Labute approximate surface area is 67.7 Å². The van der Waals surface area contributed by atoms with Crippen LogP contribution in [0.15, 0.2) is 5.10 Å². The van der Waals surface area contributed by atoms with Crippen LogP contribution in [-0.2, 0) is 0 Å². The number of piperidine rings is 1. The van der Waals surface area contributed by atoms with Crippen LogP contribution in [0.5, 0.6) is 0 Å². The molecular weight excluding hydrogens is 138 g/mol. The molecule has 1 saturated heterocycles. The molecule has 0 aromatic rings. The standard InChI is InChI=1S/C8H15N3/c1-10-4-3-8-7(6-10)5-9-11(8)2/h5,7-8H,3-4,6H2,1-2H3. The molecule has 3 nitrogen and oxygen atoms in total. The van der Waals surface area contributed by atoms with Gasteiger partial charge in [0.1, 0.15) is 0 Å². The van der Waals surface area contributed by atoms with E-state index in [9.17, 15) is 0 Å². The lowest BCUT2D eigenvalue weighted by Gasteiger charge is -2.33. The third-order valence-electron chi connectivity index (χ3n) is 2.74. The molecule has 0 N–H and O–H groups in total. The van der Waals surface area contributed by atoms with E-state index >= 15 is 0 Å². The molecular formula is C8H15N3. The normalized spacial score (nSPS) is 37.8. The van der Waals surface area contributed by atoms with Crippen LogP contribution in [0, 0.1) is 5.92 Å². The summed E-state index contributed by atoms with van der Waals surface area (Å²) in [6.45, 7) is 2.40. The molecule has 0 radical (unpaired) electrons. The molecule has 2 rings (SSSR count). The third kappa shape index (κ3) is 1.13. The molecule has 2 aliphatic rings. The summed E-state index contributed by atoms with van der Waals surface area (Å²) in [5.41, 5.74) is 0. The SMILES string of the molecule is CN1CCC2C(C=NN2C)C1. The molecule has 2 heterocycles. The van der Waals surface area contributed by atoms with Gasteiger partial charge in [0, 0.05) is 25.7 Å². The first kappa shape index (κ1) is 7.10. The van der Waals surface area contributed by atoms with E-state index in [-0.39, 0.29) is 0 Å². The molecule has 0 saturated carbocycles. The highest BCUT2D eigenvalue weighted by molar-refractivity contribution is 5.64. The smallest absolute Gasteiger partial charge is 0.0570 e. The first-order valence-electron chi connectivity index (χ1n) is 4.23. The van der Waals surface area contributed by atoms with Gasteiger partial charge in [-0.25, -0.2) is 0 Å². The lowest BCUT2D eigenvalue weighted by atomic mass is 9.94. The number of hydrogen-bond donors (Lipinski definition) is 0. The zero-order chi connectivity index (χ0) is 7.84. The van der Waals surface area contributed by atoms with Gasteiger partial charge in [-0.05, 0) is 20.0 Å². The Morgan fingerprint density at radius 1 is 1.45 bits per heavy atom. The Kier molecular flexibility index (Phi) is 1.60. The van der Waals surface area contributed by atoms with Gasteiger partial charge in [-0.3, -0.25) is 5.01 Å². The van der Waals surface area contributed by atoms with E-state index in [1.165, 1.54) is 19.5 Å². The van der Waals surface area contributed by atoms with Crippen LogP contribution in [0.25, 0.3) is 0 Å². The summed E-state index contributed by atoms with van der Waals surface area (Å²) < 4.78 is 0. The first-order chi connectivity index (χ1) is 5.27. The van der Waals surface area contributed by atoms with Crippen molar-refractivity contribution in [2.45, 2.75) is 12.5 Å². The first-order valence-corrected chi connectivity index (χ1v) is 4.23. The van der Waals surface area contributed by atoms with E-state index < -0.39 is 0 Å². The molecule has 0 aromatic carbocycles. The maximum Gasteiger partial charge on any atom is 0.0570 e. The maximum atomic E-state index is 4.30. The lowest BCUT2D eigenvalue weighted by Crippen LogP contribution is -2.44. The molecule has 3 heteroatoms. The van der Waals surface area contributed by atoms with E-state index in [4.69, 9.17) is 0 Å². The van der Waals surface area contributed by atoms with Gasteiger partial charge in [0.15, 0.2) is 0 Å². The fraction of sp³-hybridized carbons (Fsp3) is 0.875. The zero-order valence-corrected chi connectivity index (χ0v) is 7.20. The molecule has 0 bridgehead atoms. The topological polar surface area (TPSA) is 18.8 Å². The van der Waals surface area contributed by atoms with E-state index in [0.717, 1.165) is 0 Å². The largest absolute Gasteiger partial charge is 0.306 e. The Morgan fingerprint density at radius 3 is 3.09 bits per heavy atom. The predicted molar refractivity (Wildman–Crippen MR) is 45.6 cm³/mol. The number of fused-ring (bicyclic) bond motifs is 1. The van der Waals surface area contributed by atoms with Crippen molar-refractivity contribution < 1.29 is 0 Å². The number of nitrogens with zero attached hydrogens (tertiary/aromatic N) is 3. The minimum Gasteiger partial charge on any atom is -0.306 e. The molecule has 2 unspecified atom stereocenters. The molecule has 0 amide bonds. The van der Waals surface area contributed by atoms with Crippen LogP contribution in [0.4, 0.5) is 0 Å². The van der Waals surface area contributed by atoms with Gasteiger partial charge in [-0.1, -0.05) is 0 Å². The second kappa shape index (κ2) is 2.48. The number of hydrogen-bond acceptors (Lipinski definition) is 3. The van der Waals surface area contributed by atoms with Gasteiger partial charge in [-0.15, -0.1) is 0 Å². The summed E-state index contributed by atoms with van der Waals surface area (Å²) >= 11 is 0. The van der Waals surface area contributed by atoms with Crippen molar-refractivity contribution in [1.82, 2.24) is 9.91 Å². The molecule has 2 atom stereocenters. The number of rotatable bonds is 0. The van der Waals surface area contributed by atoms with Crippen molar-refractivity contribution in [2.24, 2.45) is 11.0 Å². The Balaban J connectivity index is 2.05. The van der Waals surface area contributed by atoms with Crippen LogP contribution in [-0.4, -0.2) is 49.4 Å². The summed E-state index contributed by atoms with van der Waals surface area (Å²) in [7, 11) is 4.26. The average Bonchev–Trinajstić information content (AvgIpc) is 2.32. The third-order valence-corrected chi connectivity index (χ3v) is 2.74. The summed E-state index contributed by atoms with van der Waals surface area (Å²) in [6, 6.07) is 0.686. The quantitative estimate of drug-likeness (QED) is 0.496. The predicted octanol–water partition coefficient (Wildman–Crippen LogP) is 0.238. The van der Waals surface area contributed by atoms with Gasteiger partial charge < -0.3 is 4.90 Å². The van der Waals surface area contributed by atoms with Crippen molar-refractivity contribution in [1.29, 1.82) is 0 Å². The Morgan fingerprint density at radius 2 is 2.27 bits per heavy atom. The molecule has 0 aromatic heterocycles. The molecule has 0 aliphatic carbocycles. The molecule has 2 aliphatic heterocycles. The van der Waals surface area contributed by atoms with E-state index in [2.05, 4.69) is 35.3 Å². The molecule has 11 heavy (non-hydrogen) atoms. The van der Waals surface area contributed by atoms with Crippen LogP contribution in [0.1, 0.15) is 6.42 Å². The van der Waals surface area contributed by atoms with Crippen LogP contribution in [0.3, 0.4) is 0 Å². The maximum absolute atomic E-state index is 4.30. The van der Waals surface area contributed by atoms with Crippen molar-refractivity contribution in [3.8, 4) is 0 Å². The van der Waals surface area contributed by atoms with Crippen molar-refractivity contribution >= 4 is 6.21 Å². The van der Waals surface area contributed by atoms with Crippen molar-refractivity contribution in [2.75, 3.05) is 27.2 Å². The Hall–Kier alpha value is -0.570. The molecule has 1 fully saturated rings. The minimum absolute atomic E-state index is 0.679. The highest BCUT2D eigenvalue weighted by atomic mass is 15.5. The van der Waals surface area contributed by atoms with Gasteiger partial charge in [0.25, 0.3) is 0 Å². The molecule has 0 spiro atoms. The minimum atomic E-state index is 0.679. The second-order valence-corrected chi connectivity index (χ2v) is 3.62. The van der Waals surface area contributed by atoms with Gasteiger partial charge in [-0.2, -0.15) is 5.10 Å². The van der Waals surface area contributed by atoms with Crippen molar-refractivity contribution in [3.05, 3.63) is 0 Å². The second-order valence-electron chi connectivity index (χ2n) is 3.62. The van der Waals surface area contributed by atoms with Gasteiger partial charge in [0.2, 0.25) is 0 Å². The fourth-order valence-corrected chi connectivity index (χ4v) is 2.03. The van der Waals surface area contributed by atoms with E-state index in [0.29, 0.717) is 12.0 Å². The summed E-state index contributed by atoms with van der Waals surface area (Å²) in [5.74, 6) is 0.679. The van der Waals surface area contributed by atoms with E-state index in [1.807, 2.05) is 0 Å². The Bertz CT molecular complexity index is 178. The van der Waals surface area contributed by atoms with Crippen LogP contribution >= 0.6 is 0 Å². The molecule has 62 valence electrons. The number of likely N-dealkylation sites (tertiary alicyclic amines) is 1. The monoisotopic (exact) mass is 153 g/mol. The zero-order valence-electron chi connectivity index (χ0n) is 7.20. The van der Waals surface area contributed by atoms with Crippen molar-refractivity contribution in [3.63, 3.8) is 0 Å². The average molecular weight is 153 g/mol. The van der Waals surface area contributed by atoms with Gasteiger partial charge in [0.05, 0.1) is 6.04 Å². The summed E-state index contributed by atoms with van der Waals surface area (Å²) in [6.07, 6.45) is 3.36.